The lowest BCUT2D eigenvalue weighted by Gasteiger charge is -2.03. The maximum atomic E-state index is 11.8. The molecule has 0 unspecified atom stereocenters. The van der Waals surface area contributed by atoms with Crippen LogP contribution in [-0.2, 0) is 0 Å². The molecule has 0 spiro atoms. The van der Waals surface area contributed by atoms with Crippen LogP contribution in [0.1, 0.15) is 6.92 Å². The van der Waals surface area contributed by atoms with Crippen LogP contribution in [0.2, 0.25) is 0 Å². The predicted molar refractivity (Wildman–Crippen MR) is 37.9 cm³/mol. The Morgan fingerprint density at radius 2 is 2.00 bits per heavy atom. The van der Waals surface area contributed by atoms with Crippen LogP contribution in [-0.4, -0.2) is 19.2 Å². The van der Waals surface area contributed by atoms with Crippen molar-refractivity contribution in [2.75, 3.05) is 0 Å². The summed E-state index contributed by atoms with van der Waals surface area (Å²) in [5.74, 6) is 0. The van der Waals surface area contributed by atoms with Gasteiger partial charge in [0.1, 0.15) is 12.0 Å². The molecule has 0 aromatic heterocycles. The second-order valence-corrected chi connectivity index (χ2v) is 1.60. The van der Waals surface area contributed by atoms with Crippen LogP contribution in [0.5, 0.6) is 0 Å². The zero-order chi connectivity index (χ0) is 8.91. The monoisotopic (exact) mass is 164 g/mol. The van der Waals surface area contributed by atoms with E-state index in [1.54, 1.807) is 0 Å². The molecule has 11 heavy (non-hydrogen) atoms. The lowest BCUT2D eigenvalue weighted by molar-refractivity contribution is -0.0923. The van der Waals surface area contributed by atoms with E-state index >= 15 is 0 Å². The Labute approximate surface area is 62.2 Å². The summed E-state index contributed by atoms with van der Waals surface area (Å²) in [5.41, 5.74) is -0.968. The first-order valence-corrected chi connectivity index (χ1v) is 2.74. The summed E-state index contributed by atoms with van der Waals surface area (Å²) in [6.07, 6.45) is -2.79. The van der Waals surface area contributed by atoms with E-state index in [0.717, 1.165) is 12.4 Å². The molecule has 0 amide bonds. The Kier molecular flexibility index (Phi) is 3.50. The second kappa shape index (κ2) is 3.90. The van der Waals surface area contributed by atoms with Crippen molar-refractivity contribution in [3.63, 3.8) is 0 Å². The zero-order valence-corrected chi connectivity index (χ0v) is 5.89. The molecule has 0 heterocycles. The van der Waals surface area contributed by atoms with Gasteiger partial charge in [-0.2, -0.15) is 13.2 Å². The standard InChI is InChI=1S/C6H7F3N2/c1-3-5(6(7,8)9)11-4-10-2/h3-4H,2H2,1H3/b5-3-,11-4-. The Morgan fingerprint density at radius 1 is 1.45 bits per heavy atom. The van der Waals surface area contributed by atoms with Crippen molar-refractivity contribution in [3.8, 4) is 0 Å². The summed E-state index contributed by atoms with van der Waals surface area (Å²) in [6.45, 7) is 4.21. The van der Waals surface area contributed by atoms with Gasteiger partial charge in [-0.3, -0.25) is 4.99 Å². The topological polar surface area (TPSA) is 24.7 Å². The van der Waals surface area contributed by atoms with Gasteiger partial charge < -0.3 is 0 Å². The molecule has 0 fully saturated rings. The van der Waals surface area contributed by atoms with Crippen LogP contribution in [0.25, 0.3) is 0 Å². The smallest absolute Gasteiger partial charge is 0.253 e. The highest BCUT2D eigenvalue weighted by Gasteiger charge is 2.32. The molecule has 0 N–H and O–H groups in total. The molecule has 0 aromatic rings. The summed E-state index contributed by atoms with van der Waals surface area (Å²) in [4.78, 5) is 6.07. The fourth-order valence-electron chi connectivity index (χ4n) is 0.414. The number of nitrogens with zero attached hydrogens (tertiary/aromatic N) is 2. The Hall–Kier alpha value is -1.13. The van der Waals surface area contributed by atoms with Crippen molar-refractivity contribution in [1.29, 1.82) is 0 Å². The fraction of sp³-hybridized carbons (Fsp3) is 0.333. The number of rotatable bonds is 2. The van der Waals surface area contributed by atoms with E-state index in [-0.39, 0.29) is 0 Å². The van der Waals surface area contributed by atoms with Crippen LogP contribution in [0.15, 0.2) is 21.8 Å². The van der Waals surface area contributed by atoms with E-state index in [9.17, 15) is 13.2 Å². The Morgan fingerprint density at radius 3 is 2.27 bits per heavy atom. The van der Waals surface area contributed by atoms with E-state index in [1.807, 2.05) is 0 Å². The molecule has 2 nitrogen and oxygen atoms in total. The van der Waals surface area contributed by atoms with Crippen LogP contribution in [0.3, 0.4) is 0 Å². The second-order valence-electron chi connectivity index (χ2n) is 1.60. The average molecular weight is 164 g/mol. The minimum absolute atomic E-state index is 0.753. The van der Waals surface area contributed by atoms with Crippen LogP contribution < -0.4 is 0 Å². The average Bonchev–Trinajstić information content (AvgIpc) is 1.87. The molecule has 0 aromatic carbocycles. The minimum Gasteiger partial charge on any atom is -0.253 e. The van der Waals surface area contributed by atoms with E-state index in [4.69, 9.17) is 0 Å². The summed E-state index contributed by atoms with van der Waals surface area (Å²) in [7, 11) is 0. The maximum Gasteiger partial charge on any atom is 0.433 e. The summed E-state index contributed by atoms with van der Waals surface area (Å²) in [5, 5.41) is 0. The molecular weight excluding hydrogens is 157 g/mol. The molecule has 0 atom stereocenters. The van der Waals surface area contributed by atoms with Crippen LogP contribution in [0.4, 0.5) is 13.2 Å². The molecule has 0 rings (SSSR count). The van der Waals surface area contributed by atoms with Gasteiger partial charge in [0.15, 0.2) is 0 Å². The zero-order valence-electron chi connectivity index (χ0n) is 5.89. The highest BCUT2D eigenvalue weighted by molar-refractivity contribution is 5.63. The van der Waals surface area contributed by atoms with Gasteiger partial charge in [0.2, 0.25) is 0 Å². The molecule has 0 aliphatic rings. The first kappa shape index (κ1) is 9.87. The van der Waals surface area contributed by atoms with Gasteiger partial charge in [-0.1, -0.05) is 6.08 Å². The highest BCUT2D eigenvalue weighted by Crippen LogP contribution is 2.25. The Balaban J connectivity index is 4.45. The van der Waals surface area contributed by atoms with Gasteiger partial charge in [-0.05, 0) is 13.6 Å². The normalized spacial score (nSPS) is 14.0. The lowest BCUT2D eigenvalue weighted by Crippen LogP contribution is -2.09. The summed E-state index contributed by atoms with van der Waals surface area (Å²) < 4.78 is 35.4. The van der Waals surface area contributed by atoms with Gasteiger partial charge in [0, 0.05) is 0 Å². The summed E-state index contributed by atoms with van der Waals surface area (Å²) >= 11 is 0. The molecule has 0 bridgehead atoms. The van der Waals surface area contributed by atoms with E-state index in [2.05, 4.69) is 16.7 Å². The third kappa shape index (κ3) is 3.54. The Bertz CT molecular complexity index is 190. The molecule has 0 radical (unpaired) electrons. The molecule has 62 valence electrons. The summed E-state index contributed by atoms with van der Waals surface area (Å²) in [6, 6.07) is 0. The molecule has 5 heteroatoms. The number of aliphatic imine (C=N–C) groups is 2. The van der Waals surface area contributed by atoms with E-state index < -0.39 is 11.9 Å². The van der Waals surface area contributed by atoms with Crippen molar-refractivity contribution >= 4 is 13.1 Å². The van der Waals surface area contributed by atoms with Gasteiger partial charge in [0.25, 0.3) is 0 Å². The largest absolute Gasteiger partial charge is 0.433 e. The van der Waals surface area contributed by atoms with Crippen molar-refractivity contribution < 1.29 is 13.2 Å². The molecule has 0 aliphatic carbocycles. The van der Waals surface area contributed by atoms with Crippen LogP contribution >= 0.6 is 0 Å². The first-order chi connectivity index (χ1) is 5.02. The molecule has 0 saturated heterocycles. The fourth-order valence-corrected chi connectivity index (χ4v) is 0.414. The maximum absolute atomic E-state index is 11.8. The lowest BCUT2D eigenvalue weighted by atomic mass is 10.4. The molecular formula is C6H7F3N2. The number of halogens is 3. The number of hydrogen-bond acceptors (Lipinski definition) is 1. The van der Waals surface area contributed by atoms with Gasteiger partial charge in [-0.15, -0.1) is 0 Å². The first-order valence-electron chi connectivity index (χ1n) is 2.74. The van der Waals surface area contributed by atoms with Gasteiger partial charge in [0.05, 0.1) is 0 Å². The minimum atomic E-state index is -4.41. The van der Waals surface area contributed by atoms with Gasteiger partial charge in [-0.25, -0.2) is 4.99 Å². The molecule has 0 aliphatic heterocycles. The number of hydrogen-bond donors (Lipinski definition) is 0. The third-order valence-corrected chi connectivity index (χ3v) is 0.842. The number of allylic oxidation sites excluding steroid dienone is 2. The predicted octanol–water partition coefficient (Wildman–Crippen LogP) is 2.18. The van der Waals surface area contributed by atoms with E-state index in [0.29, 0.717) is 0 Å². The van der Waals surface area contributed by atoms with Crippen LogP contribution in [0, 0.1) is 0 Å². The van der Waals surface area contributed by atoms with Crippen molar-refractivity contribution in [3.05, 3.63) is 11.8 Å². The third-order valence-electron chi connectivity index (χ3n) is 0.842. The van der Waals surface area contributed by atoms with Crippen molar-refractivity contribution in [1.82, 2.24) is 0 Å². The quantitative estimate of drug-likeness (QED) is 0.441. The number of alkyl halides is 3. The molecule has 0 saturated carbocycles. The van der Waals surface area contributed by atoms with Gasteiger partial charge >= 0.3 is 6.18 Å². The van der Waals surface area contributed by atoms with Crippen molar-refractivity contribution in [2.24, 2.45) is 9.98 Å². The van der Waals surface area contributed by atoms with Crippen molar-refractivity contribution in [2.45, 2.75) is 13.1 Å². The SMILES string of the molecule is C=N/C=N\C(=C/C)C(F)(F)F. The highest BCUT2D eigenvalue weighted by atomic mass is 19.4. The van der Waals surface area contributed by atoms with E-state index in [1.165, 1.54) is 6.92 Å².